The molecule has 0 heterocycles. The van der Waals surface area contributed by atoms with E-state index in [1.54, 1.807) is 7.11 Å². The van der Waals surface area contributed by atoms with Crippen molar-refractivity contribution in [3.8, 4) is 5.75 Å². The van der Waals surface area contributed by atoms with Crippen LogP contribution in [0.15, 0.2) is 18.2 Å². The van der Waals surface area contributed by atoms with E-state index >= 15 is 0 Å². The highest BCUT2D eigenvalue weighted by atomic mass is 32.1. The third-order valence-electron chi connectivity index (χ3n) is 3.16. The first-order valence-electron chi connectivity index (χ1n) is 6.70. The molecule has 0 bridgehead atoms. The number of methoxy groups -OCH3 is 1. The number of hydrogen-bond acceptors (Lipinski definition) is 3. The Morgan fingerprint density at radius 1 is 1.42 bits per heavy atom. The summed E-state index contributed by atoms with van der Waals surface area (Å²) in [5.41, 5.74) is 7.70. The molecule has 0 radical (unpaired) electrons. The molecule has 1 aromatic carbocycles. The maximum Gasteiger partial charge on any atom is 0.129 e. The predicted octanol–water partition coefficient (Wildman–Crippen LogP) is 2.95. The Balaban J connectivity index is 2.92. The SMILES string of the molecule is CCCN(Cc1ccc(C(N)=S)c(OC)c1)C(C)C. The maximum absolute atomic E-state index is 5.68. The summed E-state index contributed by atoms with van der Waals surface area (Å²) in [6.07, 6.45) is 1.15. The van der Waals surface area contributed by atoms with E-state index < -0.39 is 0 Å². The van der Waals surface area contributed by atoms with E-state index in [1.807, 2.05) is 12.1 Å². The molecule has 0 aliphatic carbocycles. The van der Waals surface area contributed by atoms with Crippen LogP contribution in [-0.2, 0) is 6.54 Å². The molecular weight excluding hydrogens is 256 g/mol. The molecule has 3 nitrogen and oxygen atoms in total. The van der Waals surface area contributed by atoms with E-state index in [1.165, 1.54) is 5.56 Å². The number of nitrogens with zero attached hydrogens (tertiary/aromatic N) is 1. The lowest BCUT2D eigenvalue weighted by atomic mass is 10.1. The Bertz CT molecular complexity index is 432. The molecule has 1 aromatic rings. The van der Waals surface area contributed by atoms with Gasteiger partial charge in [-0.2, -0.15) is 0 Å². The smallest absolute Gasteiger partial charge is 0.129 e. The van der Waals surface area contributed by atoms with Gasteiger partial charge in [0.15, 0.2) is 0 Å². The summed E-state index contributed by atoms with van der Waals surface area (Å²) in [6, 6.07) is 6.57. The summed E-state index contributed by atoms with van der Waals surface area (Å²) < 4.78 is 5.36. The lowest BCUT2D eigenvalue weighted by Crippen LogP contribution is -2.31. The van der Waals surface area contributed by atoms with Crippen molar-refractivity contribution in [2.75, 3.05) is 13.7 Å². The molecule has 0 saturated heterocycles. The van der Waals surface area contributed by atoms with Gasteiger partial charge in [0.25, 0.3) is 0 Å². The summed E-state index contributed by atoms with van der Waals surface area (Å²) in [4.78, 5) is 2.81. The highest BCUT2D eigenvalue weighted by molar-refractivity contribution is 7.80. The van der Waals surface area contributed by atoms with Crippen LogP contribution in [0, 0.1) is 0 Å². The van der Waals surface area contributed by atoms with E-state index in [9.17, 15) is 0 Å². The van der Waals surface area contributed by atoms with Gasteiger partial charge in [0.1, 0.15) is 10.7 Å². The molecule has 2 N–H and O–H groups in total. The first-order chi connectivity index (χ1) is 8.99. The quantitative estimate of drug-likeness (QED) is 0.779. The van der Waals surface area contributed by atoms with E-state index in [0.29, 0.717) is 11.0 Å². The molecule has 0 atom stereocenters. The van der Waals surface area contributed by atoms with Crippen molar-refractivity contribution in [1.82, 2.24) is 4.90 Å². The molecule has 0 saturated carbocycles. The van der Waals surface area contributed by atoms with Crippen molar-refractivity contribution in [1.29, 1.82) is 0 Å². The third kappa shape index (κ3) is 4.48. The van der Waals surface area contributed by atoms with Gasteiger partial charge in [0, 0.05) is 12.6 Å². The maximum atomic E-state index is 5.68. The number of hydrogen-bond donors (Lipinski definition) is 1. The fourth-order valence-electron chi connectivity index (χ4n) is 2.08. The molecule has 4 heteroatoms. The second-order valence-corrected chi connectivity index (χ2v) is 5.40. The number of ether oxygens (including phenoxy) is 1. The first-order valence-corrected chi connectivity index (χ1v) is 7.11. The van der Waals surface area contributed by atoms with Crippen LogP contribution < -0.4 is 10.5 Å². The van der Waals surface area contributed by atoms with Crippen molar-refractivity contribution < 1.29 is 4.74 Å². The van der Waals surface area contributed by atoms with Gasteiger partial charge >= 0.3 is 0 Å². The van der Waals surface area contributed by atoms with Crippen molar-refractivity contribution >= 4 is 17.2 Å². The van der Waals surface area contributed by atoms with Crippen molar-refractivity contribution in [2.45, 2.75) is 39.8 Å². The molecule has 0 aromatic heterocycles. The summed E-state index contributed by atoms with van der Waals surface area (Å²) in [5, 5.41) is 0. The zero-order chi connectivity index (χ0) is 14.4. The van der Waals surface area contributed by atoms with Crippen molar-refractivity contribution in [3.63, 3.8) is 0 Å². The molecule has 0 unspecified atom stereocenters. The summed E-state index contributed by atoms with van der Waals surface area (Å²) in [7, 11) is 1.65. The van der Waals surface area contributed by atoms with E-state index in [-0.39, 0.29) is 0 Å². The van der Waals surface area contributed by atoms with E-state index in [4.69, 9.17) is 22.7 Å². The Morgan fingerprint density at radius 2 is 2.11 bits per heavy atom. The third-order valence-corrected chi connectivity index (χ3v) is 3.38. The van der Waals surface area contributed by atoms with Gasteiger partial charge in [-0.05, 0) is 44.5 Å². The van der Waals surface area contributed by atoms with Crippen LogP contribution in [0.3, 0.4) is 0 Å². The summed E-state index contributed by atoms with van der Waals surface area (Å²) >= 11 is 5.02. The van der Waals surface area contributed by atoms with Crippen LogP contribution in [0.5, 0.6) is 5.75 Å². The Morgan fingerprint density at radius 3 is 2.58 bits per heavy atom. The molecule has 0 aliphatic rings. The standard InChI is InChI=1S/C15H24N2OS/c1-5-8-17(11(2)3)10-12-6-7-13(15(16)19)14(9-12)18-4/h6-7,9,11H,5,8,10H2,1-4H3,(H2,16,19). The molecule has 0 amide bonds. The van der Waals surface area contributed by atoms with Crippen LogP contribution in [-0.4, -0.2) is 29.6 Å². The molecule has 0 fully saturated rings. The van der Waals surface area contributed by atoms with Crippen LogP contribution in [0.2, 0.25) is 0 Å². The monoisotopic (exact) mass is 280 g/mol. The lowest BCUT2D eigenvalue weighted by molar-refractivity contribution is 0.213. The number of rotatable bonds is 7. The van der Waals surface area contributed by atoms with E-state index in [0.717, 1.165) is 30.8 Å². The van der Waals surface area contributed by atoms with Crippen molar-refractivity contribution in [3.05, 3.63) is 29.3 Å². The van der Waals surface area contributed by atoms with E-state index in [2.05, 4.69) is 31.7 Å². The van der Waals surface area contributed by atoms with Crippen LogP contribution >= 0.6 is 12.2 Å². The topological polar surface area (TPSA) is 38.5 Å². The van der Waals surface area contributed by atoms with Crippen LogP contribution in [0.4, 0.5) is 0 Å². The van der Waals surface area contributed by atoms with Gasteiger partial charge in [0.2, 0.25) is 0 Å². The van der Waals surface area contributed by atoms with Crippen molar-refractivity contribution in [2.24, 2.45) is 5.73 Å². The average Bonchev–Trinajstić information content (AvgIpc) is 2.37. The van der Waals surface area contributed by atoms with Crippen LogP contribution in [0.1, 0.15) is 38.3 Å². The van der Waals surface area contributed by atoms with Gasteiger partial charge in [-0.15, -0.1) is 0 Å². The molecule has 0 spiro atoms. The zero-order valence-electron chi connectivity index (χ0n) is 12.3. The normalized spacial score (nSPS) is 11.1. The first kappa shape index (κ1) is 15.9. The van der Waals surface area contributed by atoms with Crippen LogP contribution in [0.25, 0.3) is 0 Å². The van der Waals surface area contributed by atoms with Gasteiger partial charge in [-0.3, -0.25) is 4.90 Å². The second kappa shape index (κ2) is 7.46. The molecule has 0 aliphatic heterocycles. The van der Waals surface area contributed by atoms with Gasteiger partial charge in [-0.1, -0.05) is 25.2 Å². The molecule has 19 heavy (non-hydrogen) atoms. The van der Waals surface area contributed by atoms with Gasteiger partial charge in [0.05, 0.1) is 12.7 Å². The molecular formula is C15H24N2OS. The fraction of sp³-hybridized carbons (Fsp3) is 0.533. The zero-order valence-corrected chi connectivity index (χ0v) is 13.1. The number of nitrogens with two attached hydrogens (primary N) is 1. The Labute approximate surface area is 121 Å². The molecule has 1 rings (SSSR count). The molecule has 106 valence electrons. The minimum Gasteiger partial charge on any atom is -0.496 e. The minimum atomic E-state index is 0.373. The Hall–Kier alpha value is -1.13. The predicted molar refractivity (Wildman–Crippen MR) is 84.7 cm³/mol. The fourth-order valence-corrected chi connectivity index (χ4v) is 2.25. The lowest BCUT2D eigenvalue weighted by Gasteiger charge is -2.26. The number of benzene rings is 1. The highest BCUT2D eigenvalue weighted by Gasteiger charge is 2.12. The van der Waals surface area contributed by atoms with Gasteiger partial charge < -0.3 is 10.5 Å². The number of thiocarbonyl (C=S) groups is 1. The average molecular weight is 280 g/mol. The van der Waals surface area contributed by atoms with Gasteiger partial charge in [-0.25, -0.2) is 0 Å². The Kier molecular flexibility index (Phi) is 6.25. The minimum absolute atomic E-state index is 0.373. The largest absolute Gasteiger partial charge is 0.496 e. The highest BCUT2D eigenvalue weighted by Crippen LogP contribution is 2.21. The summed E-state index contributed by atoms with van der Waals surface area (Å²) in [6.45, 7) is 8.65. The summed E-state index contributed by atoms with van der Waals surface area (Å²) in [5.74, 6) is 0.755. The second-order valence-electron chi connectivity index (χ2n) is 4.96.